The summed E-state index contributed by atoms with van der Waals surface area (Å²) in [7, 11) is 0. The molecule has 3 nitrogen and oxygen atoms in total. The van der Waals surface area contributed by atoms with E-state index in [1.165, 1.54) is 6.07 Å². The first kappa shape index (κ1) is 9.96. The van der Waals surface area contributed by atoms with Gasteiger partial charge in [0.15, 0.2) is 0 Å². The minimum absolute atomic E-state index is 0.135. The maximum atomic E-state index is 11.3. The van der Waals surface area contributed by atoms with Gasteiger partial charge >= 0.3 is 0 Å². The Balaban J connectivity index is 2.80. The number of hydrogen-bond donors (Lipinski definition) is 1. The molecule has 1 aromatic rings. The molecule has 0 fully saturated rings. The lowest BCUT2D eigenvalue weighted by Gasteiger charge is -2.04. The largest absolute Gasteiger partial charge is 0.317 e. The van der Waals surface area contributed by atoms with Crippen LogP contribution in [0.25, 0.3) is 0 Å². The van der Waals surface area contributed by atoms with Crippen LogP contribution in [-0.2, 0) is 4.79 Å². The number of carbonyl (C=O) groups is 2. The molecule has 1 aromatic carbocycles. The highest BCUT2D eigenvalue weighted by atomic mass is 79.9. The SMILES string of the molecule is O=C1Nc2c(Cl)cc(Br)c(Cl)c2C1=O. The van der Waals surface area contributed by atoms with Gasteiger partial charge in [-0.1, -0.05) is 23.2 Å². The third-order valence-corrected chi connectivity index (χ3v) is 3.39. The molecule has 0 aromatic heterocycles. The molecule has 0 unspecified atom stereocenters. The van der Waals surface area contributed by atoms with Crippen LogP contribution in [0.1, 0.15) is 10.4 Å². The van der Waals surface area contributed by atoms with E-state index >= 15 is 0 Å². The molecule has 2 rings (SSSR count). The Labute approximate surface area is 97.5 Å². The Morgan fingerprint density at radius 3 is 2.57 bits per heavy atom. The van der Waals surface area contributed by atoms with E-state index in [0.29, 0.717) is 4.47 Å². The molecular weight excluding hydrogens is 293 g/mol. The molecule has 72 valence electrons. The highest BCUT2D eigenvalue weighted by Crippen LogP contribution is 2.40. The van der Waals surface area contributed by atoms with Gasteiger partial charge in [0.05, 0.1) is 21.3 Å². The van der Waals surface area contributed by atoms with Gasteiger partial charge in [-0.3, -0.25) is 9.59 Å². The van der Waals surface area contributed by atoms with Crippen LogP contribution in [0.5, 0.6) is 0 Å². The van der Waals surface area contributed by atoms with Crippen LogP contribution >= 0.6 is 39.1 Å². The van der Waals surface area contributed by atoms with Gasteiger partial charge in [-0.15, -0.1) is 0 Å². The standard InChI is InChI=1S/C8H2BrCl2NO2/c9-2-1-3(10)6-4(5(2)11)7(13)8(14)12-6/h1H,(H,12,13,14). The number of amides is 1. The van der Waals surface area contributed by atoms with Crippen molar-refractivity contribution in [3.8, 4) is 0 Å². The number of benzene rings is 1. The topological polar surface area (TPSA) is 46.2 Å². The molecule has 1 amide bonds. The van der Waals surface area contributed by atoms with Crippen molar-refractivity contribution >= 4 is 56.5 Å². The minimum atomic E-state index is -0.707. The Morgan fingerprint density at radius 1 is 1.29 bits per heavy atom. The summed E-state index contributed by atoms with van der Waals surface area (Å²) in [4.78, 5) is 22.4. The molecule has 0 saturated heterocycles. The molecule has 1 N–H and O–H groups in total. The van der Waals surface area contributed by atoms with E-state index in [-0.39, 0.29) is 21.3 Å². The van der Waals surface area contributed by atoms with E-state index in [2.05, 4.69) is 21.2 Å². The zero-order chi connectivity index (χ0) is 10.5. The normalized spacial score (nSPS) is 14.2. The van der Waals surface area contributed by atoms with E-state index < -0.39 is 11.7 Å². The average molecular weight is 295 g/mol. The van der Waals surface area contributed by atoms with Crippen LogP contribution in [0.2, 0.25) is 10.0 Å². The van der Waals surface area contributed by atoms with Gasteiger partial charge in [-0.2, -0.15) is 0 Å². The molecule has 0 aliphatic carbocycles. The van der Waals surface area contributed by atoms with Gasteiger partial charge in [0, 0.05) is 4.47 Å². The van der Waals surface area contributed by atoms with Crippen LogP contribution < -0.4 is 5.32 Å². The van der Waals surface area contributed by atoms with Gasteiger partial charge in [0.2, 0.25) is 0 Å². The fraction of sp³-hybridized carbons (Fsp3) is 0. The Morgan fingerprint density at radius 2 is 1.93 bits per heavy atom. The second-order valence-electron chi connectivity index (χ2n) is 2.69. The molecule has 6 heteroatoms. The molecule has 1 heterocycles. The predicted molar refractivity (Wildman–Crippen MR) is 57.1 cm³/mol. The highest BCUT2D eigenvalue weighted by Gasteiger charge is 2.33. The Kier molecular flexibility index (Phi) is 2.29. The van der Waals surface area contributed by atoms with Crippen molar-refractivity contribution in [2.75, 3.05) is 5.32 Å². The van der Waals surface area contributed by atoms with Crippen molar-refractivity contribution in [1.29, 1.82) is 0 Å². The quantitative estimate of drug-likeness (QED) is 0.591. The first-order chi connectivity index (χ1) is 6.52. The number of fused-ring (bicyclic) bond motifs is 1. The van der Waals surface area contributed by atoms with Gasteiger partial charge in [0.25, 0.3) is 11.7 Å². The molecule has 1 aliphatic heterocycles. The maximum Gasteiger partial charge on any atom is 0.296 e. The molecular formula is C8H2BrCl2NO2. The van der Waals surface area contributed by atoms with Crippen molar-refractivity contribution in [3.05, 3.63) is 26.1 Å². The van der Waals surface area contributed by atoms with Crippen LogP contribution in [0, 0.1) is 0 Å². The van der Waals surface area contributed by atoms with Crippen molar-refractivity contribution in [1.82, 2.24) is 0 Å². The van der Waals surface area contributed by atoms with Gasteiger partial charge in [-0.25, -0.2) is 0 Å². The number of anilines is 1. The van der Waals surface area contributed by atoms with Crippen molar-refractivity contribution in [2.45, 2.75) is 0 Å². The first-order valence-electron chi connectivity index (χ1n) is 3.55. The summed E-state index contributed by atoms with van der Waals surface area (Å²) in [6, 6.07) is 1.53. The first-order valence-corrected chi connectivity index (χ1v) is 5.10. The van der Waals surface area contributed by atoms with E-state index in [4.69, 9.17) is 23.2 Å². The van der Waals surface area contributed by atoms with Crippen LogP contribution in [0.4, 0.5) is 5.69 Å². The van der Waals surface area contributed by atoms with Crippen LogP contribution in [0.15, 0.2) is 10.5 Å². The number of hydrogen-bond acceptors (Lipinski definition) is 2. The number of rotatable bonds is 0. The number of halogens is 3. The lowest BCUT2D eigenvalue weighted by atomic mass is 10.1. The highest BCUT2D eigenvalue weighted by molar-refractivity contribution is 9.10. The molecule has 0 atom stereocenters. The van der Waals surface area contributed by atoms with E-state index in [0.717, 1.165) is 0 Å². The molecule has 1 aliphatic rings. The van der Waals surface area contributed by atoms with Crippen molar-refractivity contribution in [3.63, 3.8) is 0 Å². The summed E-state index contributed by atoms with van der Waals surface area (Å²) in [5.74, 6) is -1.37. The average Bonchev–Trinajstić information content (AvgIpc) is 2.41. The van der Waals surface area contributed by atoms with Gasteiger partial charge in [0.1, 0.15) is 0 Å². The second kappa shape index (κ2) is 3.22. The summed E-state index contributed by atoms with van der Waals surface area (Å²) >= 11 is 14.8. The van der Waals surface area contributed by atoms with Crippen LogP contribution in [-0.4, -0.2) is 11.7 Å². The third-order valence-electron chi connectivity index (χ3n) is 1.84. The summed E-state index contributed by atoms with van der Waals surface area (Å²) in [6.07, 6.45) is 0. The number of nitrogens with one attached hydrogen (secondary N) is 1. The monoisotopic (exact) mass is 293 g/mol. The van der Waals surface area contributed by atoms with Crippen LogP contribution in [0.3, 0.4) is 0 Å². The van der Waals surface area contributed by atoms with E-state index in [1.54, 1.807) is 0 Å². The fourth-order valence-corrected chi connectivity index (χ4v) is 2.26. The van der Waals surface area contributed by atoms with Crippen molar-refractivity contribution < 1.29 is 9.59 Å². The number of Topliss-reactive ketones (excluding diaryl/α,β-unsaturated/α-hetero) is 1. The number of carbonyl (C=O) groups excluding carboxylic acids is 2. The summed E-state index contributed by atoms with van der Waals surface area (Å²) in [5.41, 5.74) is 0.422. The summed E-state index contributed by atoms with van der Waals surface area (Å²) in [5, 5.41) is 2.85. The lowest BCUT2D eigenvalue weighted by Crippen LogP contribution is -2.12. The molecule has 14 heavy (non-hydrogen) atoms. The van der Waals surface area contributed by atoms with Crippen molar-refractivity contribution in [2.24, 2.45) is 0 Å². The summed E-state index contributed by atoms with van der Waals surface area (Å²) < 4.78 is 0.493. The molecule has 0 spiro atoms. The fourth-order valence-electron chi connectivity index (χ4n) is 1.21. The molecule has 0 radical (unpaired) electrons. The Bertz CT molecular complexity index is 473. The Hall–Kier alpha value is -0.580. The zero-order valence-corrected chi connectivity index (χ0v) is 9.63. The smallest absolute Gasteiger partial charge is 0.296 e. The molecule has 0 bridgehead atoms. The minimum Gasteiger partial charge on any atom is -0.317 e. The van der Waals surface area contributed by atoms with E-state index in [9.17, 15) is 9.59 Å². The zero-order valence-electron chi connectivity index (χ0n) is 6.53. The third kappa shape index (κ3) is 1.26. The lowest BCUT2D eigenvalue weighted by molar-refractivity contribution is -0.112. The van der Waals surface area contributed by atoms with Gasteiger partial charge in [-0.05, 0) is 22.0 Å². The van der Waals surface area contributed by atoms with E-state index in [1.807, 2.05) is 0 Å². The summed E-state index contributed by atoms with van der Waals surface area (Å²) in [6.45, 7) is 0. The molecule has 0 saturated carbocycles. The maximum absolute atomic E-state index is 11.3. The number of ketones is 1. The second-order valence-corrected chi connectivity index (χ2v) is 4.33. The predicted octanol–water partition coefficient (Wildman–Crippen LogP) is 2.89. The van der Waals surface area contributed by atoms with Gasteiger partial charge < -0.3 is 5.32 Å².